The van der Waals surface area contributed by atoms with Crippen molar-refractivity contribution in [2.45, 2.75) is 20.3 Å². The van der Waals surface area contributed by atoms with Crippen molar-refractivity contribution in [1.82, 2.24) is 0 Å². The van der Waals surface area contributed by atoms with Gasteiger partial charge in [0.2, 0.25) is 0 Å². The summed E-state index contributed by atoms with van der Waals surface area (Å²) in [5.41, 5.74) is 0.597. The molecule has 0 amide bonds. The van der Waals surface area contributed by atoms with E-state index in [2.05, 4.69) is 13.8 Å². The maximum atomic E-state index is 10.7. The van der Waals surface area contributed by atoms with E-state index in [1.807, 2.05) is 0 Å². The number of aldehydes is 1. The van der Waals surface area contributed by atoms with Crippen molar-refractivity contribution in [1.29, 1.82) is 0 Å². The van der Waals surface area contributed by atoms with E-state index in [-0.39, 0.29) is 0 Å². The molecule has 88 valence electrons. The third-order valence-electron chi connectivity index (χ3n) is 2.54. The van der Waals surface area contributed by atoms with E-state index in [9.17, 15) is 4.79 Å². The molecule has 0 fully saturated rings. The van der Waals surface area contributed by atoms with Gasteiger partial charge < -0.3 is 9.47 Å². The number of carbonyl (C=O) groups is 1. The van der Waals surface area contributed by atoms with Crippen LogP contribution < -0.4 is 9.47 Å². The summed E-state index contributed by atoms with van der Waals surface area (Å²) in [5, 5.41) is 0. The average molecular weight is 222 g/mol. The first kappa shape index (κ1) is 12.6. The van der Waals surface area contributed by atoms with Gasteiger partial charge in [-0.25, -0.2) is 0 Å². The molecule has 1 rings (SSSR count). The summed E-state index contributed by atoms with van der Waals surface area (Å²) in [6, 6.07) is 5.16. The predicted octanol–water partition coefficient (Wildman–Crippen LogP) is 2.93. The zero-order valence-corrected chi connectivity index (χ0v) is 10.0. The molecule has 0 aliphatic carbocycles. The van der Waals surface area contributed by atoms with Gasteiger partial charge in [0.15, 0.2) is 11.5 Å². The van der Waals surface area contributed by atoms with Crippen molar-refractivity contribution in [3.8, 4) is 11.5 Å². The number of hydrogen-bond acceptors (Lipinski definition) is 3. The zero-order valence-electron chi connectivity index (χ0n) is 10.0. The van der Waals surface area contributed by atoms with Gasteiger partial charge in [0.25, 0.3) is 0 Å². The van der Waals surface area contributed by atoms with Crippen molar-refractivity contribution in [3.05, 3.63) is 23.8 Å². The molecule has 3 heteroatoms. The zero-order chi connectivity index (χ0) is 12.0. The van der Waals surface area contributed by atoms with Gasteiger partial charge in [-0.3, -0.25) is 4.79 Å². The molecule has 0 heterocycles. The first-order chi connectivity index (χ1) is 7.71. The third kappa shape index (κ3) is 3.26. The lowest BCUT2D eigenvalue weighted by atomic mass is 10.1. The molecule has 3 nitrogen and oxygen atoms in total. The second-order valence-corrected chi connectivity index (χ2v) is 3.85. The fraction of sp³-hybridized carbons (Fsp3) is 0.462. The number of carbonyl (C=O) groups excluding carboxylic acids is 1. The lowest BCUT2D eigenvalue weighted by molar-refractivity contribution is 0.112. The molecule has 1 unspecified atom stereocenters. The van der Waals surface area contributed by atoms with E-state index in [0.717, 1.165) is 12.7 Å². The minimum atomic E-state index is 0.490. The molecule has 1 atom stereocenters. The van der Waals surface area contributed by atoms with Crippen LogP contribution in [0.2, 0.25) is 0 Å². The van der Waals surface area contributed by atoms with Crippen LogP contribution in [-0.4, -0.2) is 20.0 Å². The van der Waals surface area contributed by atoms with Crippen LogP contribution in [0.5, 0.6) is 11.5 Å². The molecule has 0 radical (unpaired) electrons. The van der Waals surface area contributed by atoms with Gasteiger partial charge >= 0.3 is 0 Å². The minimum absolute atomic E-state index is 0.490. The Morgan fingerprint density at radius 3 is 2.69 bits per heavy atom. The molecule has 0 N–H and O–H groups in total. The molecule has 0 bridgehead atoms. The van der Waals surface area contributed by atoms with E-state index >= 15 is 0 Å². The van der Waals surface area contributed by atoms with Gasteiger partial charge in [-0.2, -0.15) is 0 Å². The summed E-state index contributed by atoms with van der Waals surface area (Å²) >= 11 is 0. The van der Waals surface area contributed by atoms with Gasteiger partial charge in [-0.15, -0.1) is 0 Å². The van der Waals surface area contributed by atoms with Crippen LogP contribution in [0, 0.1) is 5.92 Å². The Balaban J connectivity index is 2.78. The van der Waals surface area contributed by atoms with Crippen LogP contribution in [0.1, 0.15) is 30.6 Å². The molecule has 1 aromatic rings. The van der Waals surface area contributed by atoms with E-state index in [1.165, 1.54) is 0 Å². The normalized spacial score (nSPS) is 11.9. The van der Waals surface area contributed by atoms with Crippen LogP contribution in [-0.2, 0) is 0 Å². The van der Waals surface area contributed by atoms with Gasteiger partial charge in [0, 0.05) is 5.56 Å². The molecular formula is C13H18O3. The summed E-state index contributed by atoms with van der Waals surface area (Å²) < 4.78 is 10.8. The fourth-order valence-electron chi connectivity index (χ4n) is 1.23. The Labute approximate surface area is 96.4 Å². The Bertz CT molecular complexity index is 347. The molecule has 0 aliphatic heterocycles. The molecule has 0 spiro atoms. The summed E-state index contributed by atoms with van der Waals surface area (Å²) in [6.07, 6.45) is 1.87. The number of benzene rings is 1. The lowest BCUT2D eigenvalue weighted by Crippen LogP contribution is -2.08. The topological polar surface area (TPSA) is 35.5 Å². The van der Waals surface area contributed by atoms with Crippen molar-refractivity contribution in [2.24, 2.45) is 5.92 Å². The predicted molar refractivity (Wildman–Crippen MR) is 63.3 cm³/mol. The number of ether oxygens (including phenoxy) is 2. The lowest BCUT2D eigenvalue weighted by Gasteiger charge is -2.13. The quantitative estimate of drug-likeness (QED) is 0.694. The Hall–Kier alpha value is -1.51. The van der Waals surface area contributed by atoms with E-state index < -0.39 is 0 Å². The third-order valence-corrected chi connectivity index (χ3v) is 2.54. The first-order valence-electron chi connectivity index (χ1n) is 5.47. The molecule has 0 saturated heterocycles. The molecule has 0 saturated carbocycles. The largest absolute Gasteiger partial charge is 0.493 e. The summed E-state index contributed by atoms with van der Waals surface area (Å²) in [5.74, 6) is 1.78. The van der Waals surface area contributed by atoms with Crippen LogP contribution in [0.4, 0.5) is 0 Å². The van der Waals surface area contributed by atoms with Crippen LogP contribution in [0.25, 0.3) is 0 Å². The van der Waals surface area contributed by atoms with Crippen molar-refractivity contribution in [3.63, 3.8) is 0 Å². The van der Waals surface area contributed by atoms with Gasteiger partial charge in [0.1, 0.15) is 6.29 Å². The van der Waals surface area contributed by atoms with Gasteiger partial charge in [-0.1, -0.05) is 20.3 Å². The number of rotatable bonds is 6. The highest BCUT2D eigenvalue weighted by molar-refractivity contribution is 5.76. The van der Waals surface area contributed by atoms with Crippen LogP contribution in [0.15, 0.2) is 18.2 Å². The highest BCUT2D eigenvalue weighted by atomic mass is 16.5. The Kier molecular flexibility index (Phi) is 4.83. The Morgan fingerprint density at radius 2 is 2.12 bits per heavy atom. The van der Waals surface area contributed by atoms with E-state index in [4.69, 9.17) is 9.47 Å². The van der Waals surface area contributed by atoms with E-state index in [1.54, 1.807) is 25.3 Å². The van der Waals surface area contributed by atoms with Crippen molar-refractivity contribution in [2.75, 3.05) is 13.7 Å². The van der Waals surface area contributed by atoms with Crippen LogP contribution in [0.3, 0.4) is 0 Å². The molecular weight excluding hydrogens is 204 g/mol. The standard InChI is InChI=1S/C13H18O3/c1-4-10(2)9-16-13-7-11(8-14)5-6-12(13)15-3/h5-8,10H,4,9H2,1-3H3. The average Bonchev–Trinajstić information content (AvgIpc) is 2.35. The van der Waals surface area contributed by atoms with Crippen LogP contribution >= 0.6 is 0 Å². The number of hydrogen-bond donors (Lipinski definition) is 0. The summed E-state index contributed by atoms with van der Waals surface area (Å²) in [6.45, 7) is 4.87. The van der Waals surface area contributed by atoms with E-state index in [0.29, 0.717) is 29.6 Å². The van der Waals surface area contributed by atoms with Crippen molar-refractivity contribution < 1.29 is 14.3 Å². The minimum Gasteiger partial charge on any atom is -0.493 e. The first-order valence-corrected chi connectivity index (χ1v) is 5.47. The van der Waals surface area contributed by atoms with Gasteiger partial charge in [0.05, 0.1) is 13.7 Å². The number of methoxy groups -OCH3 is 1. The summed E-state index contributed by atoms with van der Waals surface area (Å²) in [4.78, 5) is 10.7. The molecule has 1 aromatic carbocycles. The maximum absolute atomic E-state index is 10.7. The fourth-order valence-corrected chi connectivity index (χ4v) is 1.23. The van der Waals surface area contributed by atoms with Gasteiger partial charge in [-0.05, 0) is 24.1 Å². The highest BCUT2D eigenvalue weighted by Crippen LogP contribution is 2.28. The monoisotopic (exact) mass is 222 g/mol. The molecule has 0 aromatic heterocycles. The van der Waals surface area contributed by atoms with Crippen molar-refractivity contribution >= 4 is 6.29 Å². The molecule has 16 heavy (non-hydrogen) atoms. The second-order valence-electron chi connectivity index (χ2n) is 3.85. The Morgan fingerprint density at radius 1 is 1.38 bits per heavy atom. The SMILES string of the molecule is CCC(C)COc1cc(C=O)ccc1OC. The second kappa shape index (κ2) is 6.16. The highest BCUT2D eigenvalue weighted by Gasteiger charge is 2.07. The summed E-state index contributed by atoms with van der Waals surface area (Å²) in [7, 11) is 1.59. The molecule has 0 aliphatic rings. The smallest absolute Gasteiger partial charge is 0.161 e. The maximum Gasteiger partial charge on any atom is 0.161 e.